The molecule has 0 fully saturated rings. The molecule has 31 heavy (non-hydrogen) atoms. The smallest absolute Gasteiger partial charge is 0.475 e. The van der Waals surface area contributed by atoms with Gasteiger partial charge in [0.1, 0.15) is 0 Å². The number of sulfonamides is 1. The summed E-state index contributed by atoms with van der Waals surface area (Å²) < 4.78 is 59.6. The lowest BCUT2D eigenvalue weighted by atomic mass is 10.1. The molecular weight excluding hydrogens is 437 g/mol. The fourth-order valence-corrected chi connectivity index (χ4v) is 3.76. The lowest BCUT2D eigenvalue weighted by Gasteiger charge is -2.34. The molecule has 1 atom stereocenters. The van der Waals surface area contributed by atoms with Crippen LogP contribution < -0.4 is 4.72 Å². The Morgan fingerprint density at radius 3 is 2.48 bits per heavy atom. The molecule has 1 aromatic heterocycles. The summed E-state index contributed by atoms with van der Waals surface area (Å²) in [7, 11) is -3.14. The van der Waals surface area contributed by atoms with Crippen molar-refractivity contribution in [2.24, 2.45) is 0 Å². The predicted molar refractivity (Wildman–Crippen MR) is 108 cm³/mol. The number of aromatic nitrogens is 2. The highest BCUT2D eigenvalue weighted by Crippen LogP contribution is 2.24. The zero-order chi connectivity index (χ0) is 23.1. The topological polar surface area (TPSA) is 105 Å². The van der Waals surface area contributed by atoms with E-state index in [-0.39, 0.29) is 11.8 Å². The first-order valence-electron chi connectivity index (χ1n) is 9.58. The fraction of sp³-hybridized carbons (Fsp3) is 0.474. The van der Waals surface area contributed by atoms with Crippen molar-refractivity contribution in [3.05, 3.63) is 53.9 Å². The van der Waals surface area contributed by atoms with E-state index in [0.717, 1.165) is 26.1 Å². The molecule has 2 heterocycles. The van der Waals surface area contributed by atoms with Crippen LogP contribution in [0.3, 0.4) is 0 Å². The summed E-state index contributed by atoms with van der Waals surface area (Å²) in [5.41, 5.74) is 2.47. The zero-order valence-corrected chi connectivity index (χ0v) is 17.7. The maximum absolute atomic E-state index is 11.6. The molecule has 1 aliphatic rings. The molecule has 1 aromatic carbocycles. The Morgan fingerprint density at radius 1 is 1.26 bits per heavy atom. The van der Waals surface area contributed by atoms with E-state index in [9.17, 15) is 21.6 Å². The highest BCUT2D eigenvalue weighted by atomic mass is 32.2. The number of alkyl halides is 3. The Balaban J connectivity index is 0.000000423. The van der Waals surface area contributed by atoms with Gasteiger partial charge in [0, 0.05) is 32.4 Å². The van der Waals surface area contributed by atoms with Gasteiger partial charge in [-0.2, -0.15) is 18.3 Å². The van der Waals surface area contributed by atoms with Crippen LogP contribution in [0.25, 0.3) is 0 Å². The van der Waals surface area contributed by atoms with E-state index in [1.54, 1.807) is 6.92 Å². The van der Waals surface area contributed by atoms with Crippen LogP contribution in [0.1, 0.15) is 30.6 Å². The van der Waals surface area contributed by atoms with Gasteiger partial charge in [-0.15, -0.1) is 0 Å². The lowest BCUT2D eigenvalue weighted by Crippen LogP contribution is -2.39. The number of hydrogen-bond acceptors (Lipinski definition) is 5. The monoisotopic (exact) mass is 462 g/mol. The molecule has 8 nitrogen and oxygen atoms in total. The molecule has 0 amide bonds. The molecule has 0 radical (unpaired) electrons. The third-order valence-corrected chi connectivity index (χ3v) is 6.03. The average Bonchev–Trinajstić information content (AvgIpc) is 3.17. The van der Waals surface area contributed by atoms with E-state index in [4.69, 9.17) is 9.90 Å². The van der Waals surface area contributed by atoms with Gasteiger partial charge in [-0.1, -0.05) is 30.3 Å². The molecule has 2 N–H and O–H groups in total. The maximum atomic E-state index is 11.6. The van der Waals surface area contributed by atoms with Crippen LogP contribution in [0.2, 0.25) is 0 Å². The second kappa shape index (κ2) is 10.7. The molecule has 2 aromatic rings. The van der Waals surface area contributed by atoms with Gasteiger partial charge in [-0.05, 0) is 25.0 Å². The minimum absolute atomic E-state index is 0.116. The molecule has 0 bridgehead atoms. The Morgan fingerprint density at radius 2 is 1.90 bits per heavy atom. The van der Waals surface area contributed by atoms with Crippen molar-refractivity contribution in [1.82, 2.24) is 19.4 Å². The summed E-state index contributed by atoms with van der Waals surface area (Å²) in [6.45, 7) is 4.72. The van der Waals surface area contributed by atoms with E-state index < -0.39 is 22.2 Å². The van der Waals surface area contributed by atoms with E-state index in [1.165, 1.54) is 11.3 Å². The van der Waals surface area contributed by atoms with Crippen molar-refractivity contribution in [2.75, 3.05) is 18.8 Å². The Kier molecular flexibility index (Phi) is 8.60. The van der Waals surface area contributed by atoms with Crippen molar-refractivity contribution in [3.8, 4) is 0 Å². The molecule has 1 unspecified atom stereocenters. The Labute approximate surface area is 178 Å². The van der Waals surface area contributed by atoms with Crippen LogP contribution in [0.4, 0.5) is 13.2 Å². The molecule has 3 rings (SSSR count). The van der Waals surface area contributed by atoms with E-state index >= 15 is 0 Å². The standard InChI is InChI=1S/C17H24N4O2S.C2HF3O2/c1-2-24(22,23)19-11-9-17-14-20(12-15-6-4-3-5-7-15)13-16-8-10-18-21(16)17;3-2(4,5)1(6)7/h3-8,10,17,19H,2,9,11-14H2,1H3;(H,6,7). The van der Waals surface area contributed by atoms with E-state index in [0.29, 0.717) is 6.54 Å². The number of carbonyl (C=O) groups is 1. The van der Waals surface area contributed by atoms with Crippen LogP contribution in [0.15, 0.2) is 42.6 Å². The van der Waals surface area contributed by atoms with E-state index in [2.05, 4.69) is 39.0 Å². The Hall–Kier alpha value is -2.44. The van der Waals surface area contributed by atoms with Crippen LogP contribution in [-0.4, -0.2) is 59.2 Å². The second-order valence-corrected chi connectivity index (χ2v) is 9.06. The third kappa shape index (κ3) is 7.96. The first kappa shape index (κ1) is 24.8. The van der Waals surface area contributed by atoms with Crippen LogP contribution in [0.5, 0.6) is 0 Å². The number of aliphatic carboxylic acids is 1. The average molecular weight is 462 g/mol. The van der Waals surface area contributed by atoms with Gasteiger partial charge in [-0.25, -0.2) is 17.9 Å². The summed E-state index contributed by atoms with van der Waals surface area (Å²) in [5, 5.41) is 11.6. The van der Waals surface area contributed by atoms with Gasteiger partial charge in [0.2, 0.25) is 10.0 Å². The number of nitrogens with one attached hydrogen (secondary N) is 1. The summed E-state index contributed by atoms with van der Waals surface area (Å²) in [5.74, 6) is -2.64. The number of rotatable bonds is 7. The van der Waals surface area contributed by atoms with Gasteiger partial charge >= 0.3 is 12.1 Å². The number of hydrogen-bond donors (Lipinski definition) is 2. The van der Waals surface area contributed by atoms with Crippen molar-refractivity contribution in [2.45, 2.75) is 38.7 Å². The molecule has 0 saturated carbocycles. The number of carboxylic acid groups (broad SMARTS) is 1. The molecule has 0 saturated heterocycles. The molecule has 12 heteroatoms. The summed E-state index contributed by atoms with van der Waals surface area (Å²) in [6, 6.07) is 12.6. The van der Waals surface area contributed by atoms with Gasteiger partial charge in [-0.3, -0.25) is 9.58 Å². The molecular formula is C19H25F3N4O4S. The minimum Gasteiger partial charge on any atom is -0.475 e. The normalized spacial score (nSPS) is 16.8. The van der Waals surface area contributed by atoms with Crippen molar-refractivity contribution in [3.63, 3.8) is 0 Å². The van der Waals surface area contributed by atoms with Gasteiger partial charge in [0.25, 0.3) is 0 Å². The molecule has 172 valence electrons. The first-order valence-corrected chi connectivity index (χ1v) is 11.2. The van der Waals surface area contributed by atoms with Crippen molar-refractivity contribution >= 4 is 16.0 Å². The summed E-state index contributed by atoms with van der Waals surface area (Å²) in [6.07, 6.45) is -2.52. The van der Waals surface area contributed by atoms with Crippen molar-refractivity contribution < 1.29 is 31.5 Å². The highest BCUT2D eigenvalue weighted by molar-refractivity contribution is 7.89. The number of fused-ring (bicyclic) bond motifs is 1. The van der Waals surface area contributed by atoms with Gasteiger partial charge < -0.3 is 5.11 Å². The van der Waals surface area contributed by atoms with E-state index in [1.807, 2.05) is 23.0 Å². The van der Waals surface area contributed by atoms with Gasteiger partial charge in [0.05, 0.1) is 17.5 Å². The summed E-state index contributed by atoms with van der Waals surface area (Å²) in [4.78, 5) is 11.3. The van der Waals surface area contributed by atoms with Crippen LogP contribution in [0, 0.1) is 0 Å². The SMILES string of the molecule is CCS(=O)(=O)NCCC1CN(Cc2ccccc2)Cc2ccnn21.O=C(O)C(F)(F)F. The van der Waals surface area contributed by atoms with Crippen LogP contribution in [-0.2, 0) is 27.9 Å². The maximum Gasteiger partial charge on any atom is 0.490 e. The molecule has 0 spiro atoms. The van der Waals surface area contributed by atoms with Gasteiger partial charge in [0.15, 0.2) is 0 Å². The quantitative estimate of drug-likeness (QED) is 0.655. The second-order valence-electron chi connectivity index (χ2n) is 6.97. The number of benzene rings is 1. The molecule has 1 aliphatic heterocycles. The highest BCUT2D eigenvalue weighted by Gasteiger charge is 2.38. The number of halogens is 3. The Bertz CT molecular complexity index is 949. The predicted octanol–water partition coefficient (Wildman–Crippen LogP) is 2.40. The molecule has 0 aliphatic carbocycles. The summed E-state index contributed by atoms with van der Waals surface area (Å²) >= 11 is 0. The largest absolute Gasteiger partial charge is 0.490 e. The lowest BCUT2D eigenvalue weighted by molar-refractivity contribution is -0.192. The number of nitrogens with zero attached hydrogens (tertiary/aromatic N) is 3. The number of carboxylic acids is 1. The first-order chi connectivity index (χ1) is 14.5. The minimum atomic E-state index is -5.08. The third-order valence-electron chi connectivity index (χ3n) is 4.62. The van der Waals surface area contributed by atoms with Crippen molar-refractivity contribution in [1.29, 1.82) is 0 Å². The zero-order valence-electron chi connectivity index (χ0n) is 16.9. The fourth-order valence-electron chi connectivity index (χ4n) is 3.12. The van der Waals surface area contributed by atoms with Crippen LogP contribution >= 0.6 is 0 Å².